The van der Waals surface area contributed by atoms with Crippen LogP contribution in [0, 0.1) is 5.82 Å². The third kappa shape index (κ3) is 7.76. The number of hydrogen-bond acceptors (Lipinski definition) is 6. The molecule has 12 heteroatoms. The van der Waals surface area contributed by atoms with Crippen molar-refractivity contribution >= 4 is 40.8 Å². The van der Waals surface area contributed by atoms with Gasteiger partial charge in [0.1, 0.15) is 0 Å². The van der Waals surface area contributed by atoms with Gasteiger partial charge < -0.3 is 19.5 Å². The van der Waals surface area contributed by atoms with Gasteiger partial charge in [0.2, 0.25) is 0 Å². The van der Waals surface area contributed by atoms with Crippen molar-refractivity contribution < 1.29 is 37.0 Å². The summed E-state index contributed by atoms with van der Waals surface area (Å²) < 4.78 is 54.1. The Morgan fingerprint density at radius 2 is 1.69 bits per heavy atom. The number of nitrogens with one attached hydrogen (secondary N) is 1. The van der Waals surface area contributed by atoms with Crippen molar-refractivity contribution in [1.29, 1.82) is 0 Å². The van der Waals surface area contributed by atoms with Crippen LogP contribution in [-0.4, -0.2) is 30.1 Å². The Balaban J connectivity index is 1.59. The van der Waals surface area contributed by atoms with Gasteiger partial charge in [-0.2, -0.15) is 8.78 Å². The average molecular weight is 543 g/mol. The van der Waals surface area contributed by atoms with E-state index in [1.165, 1.54) is 48.8 Å². The lowest BCUT2D eigenvalue weighted by molar-refractivity contribution is -0.134. The molecule has 0 aliphatic carbocycles. The van der Waals surface area contributed by atoms with E-state index in [9.17, 15) is 22.8 Å². The maximum absolute atomic E-state index is 13.6. The van der Waals surface area contributed by atoms with Crippen molar-refractivity contribution in [2.24, 2.45) is 0 Å². The van der Waals surface area contributed by atoms with Crippen LogP contribution in [0.5, 0.6) is 17.2 Å². The summed E-state index contributed by atoms with van der Waals surface area (Å²) in [5.41, 5.74) is 0.194. The fourth-order valence-corrected chi connectivity index (χ4v) is 3.39. The highest BCUT2D eigenvalue weighted by Crippen LogP contribution is 2.32. The van der Waals surface area contributed by atoms with Crippen molar-refractivity contribution in [3.8, 4) is 17.2 Å². The molecule has 0 bridgehead atoms. The zero-order valence-electron chi connectivity index (χ0n) is 18.5. The number of alkyl halides is 2. The third-order valence-electron chi connectivity index (χ3n) is 4.61. The van der Waals surface area contributed by atoms with E-state index in [2.05, 4.69) is 15.0 Å². The first-order chi connectivity index (χ1) is 17.2. The van der Waals surface area contributed by atoms with Gasteiger partial charge in [-0.3, -0.25) is 14.6 Å². The molecule has 0 spiro atoms. The number of benzene rings is 2. The van der Waals surface area contributed by atoms with Crippen LogP contribution in [0.4, 0.5) is 18.9 Å². The Hall–Kier alpha value is -3.50. The average Bonchev–Trinajstić information content (AvgIpc) is 2.83. The fourth-order valence-electron chi connectivity index (χ4n) is 2.93. The lowest BCUT2D eigenvalue weighted by Crippen LogP contribution is -2.14. The predicted octanol–water partition coefficient (Wildman–Crippen LogP) is 6.54. The van der Waals surface area contributed by atoms with Gasteiger partial charge in [-0.15, -0.1) is 0 Å². The lowest BCUT2D eigenvalue weighted by Gasteiger charge is -2.14. The number of carbonyl (C=O) groups excluding carboxylic acids is 2. The van der Waals surface area contributed by atoms with Crippen molar-refractivity contribution in [3.63, 3.8) is 0 Å². The van der Waals surface area contributed by atoms with E-state index in [1.54, 1.807) is 0 Å². The van der Waals surface area contributed by atoms with E-state index in [0.717, 1.165) is 6.07 Å². The molecule has 7 nitrogen and oxygen atoms in total. The standard InChI is InChI=1S/C24H19Cl2F3N2O5/c25-15-12-30-13-16(26)22(15)31-23(33)14-8-9-19(36-24(28)29)20(11-14)34-10-4-3-7-21(32)35-18-6-2-1-5-17(18)27/h1-2,5-6,8-9,11-13,24H,3-4,7,10H2,(H,30,31,33). The van der Waals surface area contributed by atoms with E-state index in [1.807, 2.05) is 0 Å². The normalized spacial score (nSPS) is 10.7. The summed E-state index contributed by atoms with van der Waals surface area (Å²) in [6.07, 6.45) is 3.22. The van der Waals surface area contributed by atoms with Gasteiger partial charge in [-0.1, -0.05) is 35.3 Å². The van der Waals surface area contributed by atoms with Gasteiger partial charge in [-0.05, 0) is 43.2 Å². The van der Waals surface area contributed by atoms with Gasteiger partial charge in [0, 0.05) is 24.4 Å². The summed E-state index contributed by atoms with van der Waals surface area (Å²) in [5.74, 6) is -2.47. The highest BCUT2D eigenvalue weighted by molar-refractivity contribution is 6.39. The Morgan fingerprint density at radius 3 is 2.39 bits per heavy atom. The SMILES string of the molecule is O=C(CCCCOc1cc(C(=O)Nc2c(Cl)cncc2Cl)ccc1OC(F)F)Oc1ccccc1F. The Bertz CT molecular complexity index is 1210. The summed E-state index contributed by atoms with van der Waals surface area (Å²) in [6, 6.07) is 9.16. The lowest BCUT2D eigenvalue weighted by atomic mass is 10.2. The maximum atomic E-state index is 13.6. The molecular formula is C24H19Cl2F3N2O5. The number of amides is 1. The molecule has 1 aromatic heterocycles. The van der Waals surface area contributed by atoms with Crippen LogP contribution in [-0.2, 0) is 4.79 Å². The second-order valence-corrected chi connectivity index (χ2v) is 8.00. The molecule has 0 saturated heterocycles. The molecule has 0 aliphatic rings. The molecule has 2 aromatic carbocycles. The topological polar surface area (TPSA) is 86.8 Å². The number of nitrogens with zero attached hydrogens (tertiary/aromatic N) is 1. The molecule has 0 saturated carbocycles. The molecule has 190 valence electrons. The number of aromatic nitrogens is 1. The molecule has 1 heterocycles. The Labute approximate surface area is 214 Å². The molecule has 0 fully saturated rings. The quantitative estimate of drug-likeness (QED) is 0.168. The zero-order chi connectivity index (χ0) is 26.1. The molecule has 0 aliphatic heterocycles. The number of rotatable bonds is 11. The highest BCUT2D eigenvalue weighted by Gasteiger charge is 2.17. The van der Waals surface area contributed by atoms with Gasteiger partial charge in [-0.25, -0.2) is 4.39 Å². The largest absolute Gasteiger partial charge is 0.490 e. The van der Waals surface area contributed by atoms with Crippen molar-refractivity contribution in [2.75, 3.05) is 11.9 Å². The summed E-state index contributed by atoms with van der Waals surface area (Å²) in [6.45, 7) is -3.10. The number of hydrogen-bond donors (Lipinski definition) is 1. The van der Waals surface area contributed by atoms with E-state index in [4.69, 9.17) is 32.7 Å². The molecule has 36 heavy (non-hydrogen) atoms. The molecule has 0 atom stereocenters. The zero-order valence-corrected chi connectivity index (χ0v) is 20.0. The van der Waals surface area contributed by atoms with Crippen LogP contribution in [0.1, 0.15) is 29.6 Å². The van der Waals surface area contributed by atoms with Crippen molar-refractivity contribution in [2.45, 2.75) is 25.9 Å². The molecule has 3 rings (SSSR count). The maximum Gasteiger partial charge on any atom is 0.387 e. The van der Waals surface area contributed by atoms with Crippen LogP contribution in [0.15, 0.2) is 54.9 Å². The second-order valence-electron chi connectivity index (χ2n) is 7.18. The summed E-state index contributed by atoms with van der Waals surface area (Å²) in [4.78, 5) is 28.3. The summed E-state index contributed by atoms with van der Waals surface area (Å²) >= 11 is 12.0. The van der Waals surface area contributed by atoms with Gasteiger partial charge in [0.05, 0.1) is 22.3 Å². The molecule has 1 amide bonds. The number of ether oxygens (including phenoxy) is 3. The second kappa shape index (κ2) is 13.0. The monoisotopic (exact) mass is 542 g/mol. The van der Waals surface area contributed by atoms with Crippen molar-refractivity contribution in [3.05, 3.63) is 76.3 Å². The molecular weight excluding hydrogens is 524 g/mol. The van der Waals surface area contributed by atoms with Crippen LogP contribution in [0.25, 0.3) is 0 Å². The predicted molar refractivity (Wildman–Crippen MR) is 127 cm³/mol. The highest BCUT2D eigenvalue weighted by atomic mass is 35.5. The molecule has 0 radical (unpaired) electrons. The molecule has 3 aromatic rings. The first-order valence-electron chi connectivity index (χ1n) is 10.5. The molecule has 0 unspecified atom stereocenters. The Kier molecular flexibility index (Phi) is 9.77. The van der Waals surface area contributed by atoms with Crippen LogP contribution < -0.4 is 19.5 Å². The molecule has 1 N–H and O–H groups in total. The summed E-state index contributed by atoms with van der Waals surface area (Å²) in [5, 5.41) is 2.75. The number of halogens is 5. The van der Waals surface area contributed by atoms with Crippen molar-refractivity contribution in [1.82, 2.24) is 4.98 Å². The number of unbranched alkanes of at least 4 members (excludes halogenated alkanes) is 1. The van der Waals surface area contributed by atoms with Gasteiger partial charge in [0.15, 0.2) is 23.1 Å². The van der Waals surface area contributed by atoms with Crippen LogP contribution in [0.2, 0.25) is 10.0 Å². The first-order valence-corrected chi connectivity index (χ1v) is 11.3. The van der Waals surface area contributed by atoms with E-state index in [-0.39, 0.29) is 51.6 Å². The Morgan fingerprint density at radius 1 is 0.972 bits per heavy atom. The van der Waals surface area contributed by atoms with Gasteiger partial charge in [0.25, 0.3) is 5.91 Å². The fraction of sp³-hybridized carbons (Fsp3) is 0.208. The van der Waals surface area contributed by atoms with E-state index >= 15 is 0 Å². The number of carbonyl (C=O) groups is 2. The minimum absolute atomic E-state index is 0.0136. The number of para-hydroxylation sites is 1. The number of esters is 1. The minimum Gasteiger partial charge on any atom is -0.490 e. The van der Waals surface area contributed by atoms with Crippen LogP contribution in [0.3, 0.4) is 0 Å². The van der Waals surface area contributed by atoms with E-state index < -0.39 is 24.3 Å². The number of pyridine rings is 1. The smallest absolute Gasteiger partial charge is 0.387 e. The minimum atomic E-state index is -3.12. The van der Waals surface area contributed by atoms with E-state index in [0.29, 0.717) is 12.8 Å². The van der Waals surface area contributed by atoms with Crippen LogP contribution >= 0.6 is 23.2 Å². The summed E-state index contributed by atoms with van der Waals surface area (Å²) in [7, 11) is 0. The number of anilines is 1. The first kappa shape index (κ1) is 27.1. The third-order valence-corrected chi connectivity index (χ3v) is 5.18. The van der Waals surface area contributed by atoms with Gasteiger partial charge >= 0.3 is 12.6 Å².